The van der Waals surface area contributed by atoms with Crippen LogP contribution in [0.2, 0.25) is 0 Å². The van der Waals surface area contributed by atoms with Crippen LogP contribution < -0.4 is 16.0 Å². The van der Waals surface area contributed by atoms with E-state index in [1.165, 1.54) is 0 Å². The van der Waals surface area contributed by atoms with Crippen LogP contribution in [0, 0.1) is 0 Å². The van der Waals surface area contributed by atoms with E-state index in [4.69, 9.17) is 4.74 Å². The van der Waals surface area contributed by atoms with Gasteiger partial charge in [-0.1, -0.05) is 0 Å². The van der Waals surface area contributed by atoms with Gasteiger partial charge in [0.15, 0.2) is 0 Å². The highest BCUT2D eigenvalue weighted by atomic mass is 16.6. The smallest absolute Gasteiger partial charge is 0.408 e. The number of ether oxygens (including phenoxy) is 1. The van der Waals surface area contributed by atoms with Gasteiger partial charge in [0.25, 0.3) is 0 Å². The van der Waals surface area contributed by atoms with Crippen LogP contribution in [0.3, 0.4) is 0 Å². The van der Waals surface area contributed by atoms with Crippen LogP contribution in [0.1, 0.15) is 47.0 Å². The summed E-state index contributed by atoms with van der Waals surface area (Å²) < 4.78 is 5.08. The average Bonchev–Trinajstić information content (AvgIpc) is 2.52. The van der Waals surface area contributed by atoms with Crippen LogP contribution in [-0.4, -0.2) is 42.1 Å². The Bertz CT molecular complexity index is 404. The second-order valence-corrected chi connectivity index (χ2v) is 6.22. The normalized spacial score (nSPS) is 20.8. The van der Waals surface area contributed by atoms with Gasteiger partial charge in [-0.3, -0.25) is 9.59 Å². The molecule has 1 fully saturated rings. The van der Waals surface area contributed by atoms with E-state index in [0.717, 1.165) is 12.8 Å². The summed E-state index contributed by atoms with van der Waals surface area (Å²) in [6.07, 6.45) is 1.73. The molecule has 21 heavy (non-hydrogen) atoms. The Morgan fingerprint density at radius 3 is 2.62 bits per heavy atom. The fraction of sp³-hybridized carbons (Fsp3) is 0.786. The second kappa shape index (κ2) is 7.28. The average molecular weight is 299 g/mol. The number of hydrogen-bond acceptors (Lipinski definition) is 4. The zero-order valence-electron chi connectivity index (χ0n) is 13.1. The van der Waals surface area contributed by atoms with Crippen molar-refractivity contribution in [2.24, 2.45) is 0 Å². The Kier molecular flexibility index (Phi) is 5.99. The van der Waals surface area contributed by atoms with E-state index in [2.05, 4.69) is 16.0 Å². The fourth-order valence-corrected chi connectivity index (χ4v) is 1.92. The van der Waals surface area contributed by atoms with Crippen molar-refractivity contribution in [3.05, 3.63) is 0 Å². The molecule has 0 spiro atoms. The molecule has 7 nitrogen and oxygen atoms in total. The first-order chi connectivity index (χ1) is 9.69. The van der Waals surface area contributed by atoms with Gasteiger partial charge in [-0.15, -0.1) is 0 Å². The van der Waals surface area contributed by atoms with Crippen molar-refractivity contribution in [2.45, 2.75) is 64.6 Å². The highest BCUT2D eigenvalue weighted by Gasteiger charge is 2.26. The van der Waals surface area contributed by atoms with Crippen molar-refractivity contribution in [1.82, 2.24) is 16.0 Å². The van der Waals surface area contributed by atoms with Crippen molar-refractivity contribution >= 4 is 17.9 Å². The topological polar surface area (TPSA) is 96.5 Å². The number of rotatable bonds is 3. The summed E-state index contributed by atoms with van der Waals surface area (Å²) in [6.45, 7) is 7.42. The lowest BCUT2D eigenvalue weighted by atomic mass is 10.1. The predicted octanol–water partition coefficient (Wildman–Crippen LogP) is 0.685. The zero-order chi connectivity index (χ0) is 16.0. The number of nitrogens with one attached hydrogen (secondary N) is 3. The Morgan fingerprint density at radius 2 is 2.00 bits per heavy atom. The van der Waals surface area contributed by atoms with E-state index in [-0.39, 0.29) is 5.91 Å². The van der Waals surface area contributed by atoms with Gasteiger partial charge in [0.1, 0.15) is 17.7 Å². The molecule has 1 heterocycles. The maximum atomic E-state index is 12.0. The maximum Gasteiger partial charge on any atom is 0.408 e. The maximum absolute atomic E-state index is 12.0. The highest BCUT2D eigenvalue weighted by molar-refractivity contribution is 5.91. The summed E-state index contributed by atoms with van der Waals surface area (Å²) in [5.74, 6) is -0.576. The molecule has 0 bridgehead atoms. The molecule has 3 N–H and O–H groups in total. The van der Waals surface area contributed by atoms with Crippen molar-refractivity contribution in [3.63, 3.8) is 0 Å². The number of alkyl carbamates (subject to hydrolysis) is 1. The molecule has 0 aromatic rings. The molecule has 1 aliphatic heterocycles. The van der Waals surface area contributed by atoms with E-state index < -0.39 is 29.7 Å². The lowest BCUT2D eigenvalue weighted by Crippen LogP contribution is -2.52. The standard InChI is InChI=1S/C14H25N3O4/c1-9(16-13(20)21-14(2,3)4)11(18)17-10-7-5-6-8-15-12(10)19/h9-10H,5-8H2,1-4H3,(H,15,19)(H,16,20)(H,17,18)/t9-,10-/m0/s1. The molecule has 0 radical (unpaired) electrons. The van der Waals surface area contributed by atoms with Crippen molar-refractivity contribution in [3.8, 4) is 0 Å². The number of carbonyl (C=O) groups excluding carboxylic acids is 3. The summed E-state index contributed by atoms with van der Waals surface area (Å²) in [5, 5.41) is 7.85. The van der Waals surface area contributed by atoms with E-state index in [1.54, 1.807) is 27.7 Å². The molecule has 0 aromatic heterocycles. The molecule has 2 atom stereocenters. The number of carbonyl (C=O) groups is 3. The van der Waals surface area contributed by atoms with Crippen LogP contribution in [0.25, 0.3) is 0 Å². The highest BCUT2D eigenvalue weighted by Crippen LogP contribution is 2.07. The van der Waals surface area contributed by atoms with Crippen LogP contribution in [0.5, 0.6) is 0 Å². The van der Waals surface area contributed by atoms with E-state index in [1.807, 2.05) is 0 Å². The third-order valence-corrected chi connectivity index (χ3v) is 2.98. The largest absolute Gasteiger partial charge is 0.444 e. The molecule has 0 saturated carbocycles. The monoisotopic (exact) mass is 299 g/mol. The quantitative estimate of drug-likeness (QED) is 0.714. The van der Waals surface area contributed by atoms with Crippen molar-refractivity contribution in [2.75, 3.05) is 6.54 Å². The zero-order valence-corrected chi connectivity index (χ0v) is 13.1. The summed E-state index contributed by atoms with van der Waals surface area (Å²) in [5.41, 5.74) is -0.624. The van der Waals surface area contributed by atoms with E-state index in [0.29, 0.717) is 13.0 Å². The molecule has 0 aliphatic carbocycles. The minimum Gasteiger partial charge on any atom is -0.444 e. The van der Waals surface area contributed by atoms with Gasteiger partial charge in [0, 0.05) is 6.54 Å². The molecule has 120 valence electrons. The Labute approximate surface area is 125 Å². The Hall–Kier alpha value is -1.79. The summed E-state index contributed by atoms with van der Waals surface area (Å²) in [7, 11) is 0. The first-order valence-electron chi connectivity index (χ1n) is 7.26. The first-order valence-corrected chi connectivity index (χ1v) is 7.26. The van der Waals surface area contributed by atoms with Crippen molar-refractivity contribution in [1.29, 1.82) is 0 Å². The molecule has 0 aromatic carbocycles. The molecule has 0 unspecified atom stereocenters. The first kappa shape index (κ1) is 17.3. The van der Waals surface area contributed by atoms with Crippen LogP contribution in [0.15, 0.2) is 0 Å². The van der Waals surface area contributed by atoms with Gasteiger partial charge in [0.05, 0.1) is 0 Å². The summed E-state index contributed by atoms with van der Waals surface area (Å²) in [6, 6.07) is -1.31. The molecule has 1 aliphatic rings. The van der Waals surface area contributed by atoms with Gasteiger partial charge < -0.3 is 20.7 Å². The van der Waals surface area contributed by atoms with Crippen LogP contribution in [0.4, 0.5) is 4.79 Å². The summed E-state index contributed by atoms with van der Waals surface area (Å²) in [4.78, 5) is 35.3. The van der Waals surface area contributed by atoms with Crippen molar-refractivity contribution < 1.29 is 19.1 Å². The van der Waals surface area contributed by atoms with Gasteiger partial charge in [-0.25, -0.2) is 4.79 Å². The van der Waals surface area contributed by atoms with E-state index in [9.17, 15) is 14.4 Å². The number of hydrogen-bond donors (Lipinski definition) is 3. The molecular weight excluding hydrogens is 274 g/mol. The molecule has 3 amide bonds. The van der Waals surface area contributed by atoms with Crippen LogP contribution >= 0.6 is 0 Å². The van der Waals surface area contributed by atoms with E-state index >= 15 is 0 Å². The Balaban J connectivity index is 2.46. The van der Waals surface area contributed by atoms with Gasteiger partial charge in [-0.05, 0) is 47.0 Å². The lowest BCUT2D eigenvalue weighted by Gasteiger charge is -2.23. The van der Waals surface area contributed by atoms with Gasteiger partial charge >= 0.3 is 6.09 Å². The minimum absolute atomic E-state index is 0.176. The molecular formula is C14H25N3O4. The van der Waals surface area contributed by atoms with Crippen LogP contribution in [-0.2, 0) is 14.3 Å². The predicted molar refractivity (Wildman–Crippen MR) is 77.6 cm³/mol. The SMILES string of the molecule is C[C@H](NC(=O)OC(C)(C)C)C(=O)N[C@H]1CCCCNC1=O. The molecule has 1 saturated heterocycles. The minimum atomic E-state index is -0.768. The third-order valence-electron chi connectivity index (χ3n) is 2.98. The molecule has 1 rings (SSSR count). The molecule has 7 heteroatoms. The Morgan fingerprint density at radius 1 is 1.33 bits per heavy atom. The summed E-state index contributed by atoms with van der Waals surface area (Å²) >= 11 is 0. The third kappa shape index (κ3) is 6.46. The van der Waals surface area contributed by atoms with Gasteiger partial charge in [-0.2, -0.15) is 0 Å². The fourth-order valence-electron chi connectivity index (χ4n) is 1.92. The second-order valence-electron chi connectivity index (χ2n) is 6.22. The number of amides is 3. The lowest BCUT2D eigenvalue weighted by molar-refractivity contribution is -0.129. The van der Waals surface area contributed by atoms with Gasteiger partial charge in [0.2, 0.25) is 11.8 Å².